The van der Waals surface area contributed by atoms with Gasteiger partial charge in [-0.25, -0.2) is 4.68 Å². The fraction of sp³-hybridized carbons (Fsp3) is 0.227. The van der Waals surface area contributed by atoms with E-state index in [2.05, 4.69) is 39.6 Å². The summed E-state index contributed by atoms with van der Waals surface area (Å²) in [7, 11) is 5.62. The van der Waals surface area contributed by atoms with Gasteiger partial charge in [0.25, 0.3) is 11.5 Å². The van der Waals surface area contributed by atoms with Crippen molar-refractivity contribution in [2.24, 2.45) is 7.05 Å². The van der Waals surface area contributed by atoms with Crippen molar-refractivity contribution in [2.45, 2.75) is 13.1 Å². The van der Waals surface area contributed by atoms with Crippen LogP contribution in [0.25, 0.3) is 11.1 Å². The van der Waals surface area contributed by atoms with E-state index in [0.717, 1.165) is 27.9 Å². The number of hydrogen-bond donors (Lipinski definition) is 1. The van der Waals surface area contributed by atoms with Crippen LogP contribution in [0.3, 0.4) is 0 Å². The summed E-state index contributed by atoms with van der Waals surface area (Å²) in [5.41, 5.74) is 4.41. The van der Waals surface area contributed by atoms with Gasteiger partial charge in [0, 0.05) is 26.2 Å². The lowest BCUT2D eigenvalue weighted by atomic mass is 9.98. The molecule has 0 saturated heterocycles. The normalized spacial score (nSPS) is 10.9. The summed E-state index contributed by atoms with van der Waals surface area (Å²) in [5, 5.41) is 6.87. The van der Waals surface area contributed by atoms with Gasteiger partial charge in [-0.15, -0.1) is 0 Å². The number of carbonyl (C=O) groups excluding carboxylic acids is 1. The Kier molecular flexibility index (Phi) is 6.01. The van der Waals surface area contributed by atoms with Crippen LogP contribution in [0.4, 0.5) is 0 Å². The molecule has 6 heteroatoms. The molecular formula is C22H24N4O2. The standard InChI is InChI=1S/C22H24N4O2/c1-25(2)15-16-8-10-17(11-9-16)19-7-5-4-6-18(19)14-23-22(28)20-12-13-21(27)26(3)24-20/h4-13H,14-15H2,1-3H3,(H,23,28). The highest BCUT2D eigenvalue weighted by Crippen LogP contribution is 2.24. The SMILES string of the molecule is CN(C)Cc1ccc(-c2ccccc2CNC(=O)c2ccc(=O)n(C)n2)cc1. The number of rotatable bonds is 6. The molecule has 1 aromatic heterocycles. The van der Waals surface area contributed by atoms with Gasteiger partial charge in [-0.05, 0) is 42.4 Å². The summed E-state index contributed by atoms with van der Waals surface area (Å²) in [6.45, 7) is 1.27. The number of benzene rings is 2. The van der Waals surface area contributed by atoms with Gasteiger partial charge in [-0.3, -0.25) is 9.59 Å². The number of hydrogen-bond acceptors (Lipinski definition) is 4. The van der Waals surface area contributed by atoms with Gasteiger partial charge in [0.05, 0.1) is 0 Å². The molecule has 0 radical (unpaired) electrons. The van der Waals surface area contributed by atoms with Crippen molar-refractivity contribution in [1.29, 1.82) is 0 Å². The van der Waals surface area contributed by atoms with Crippen LogP contribution < -0.4 is 10.9 Å². The highest BCUT2D eigenvalue weighted by atomic mass is 16.2. The molecule has 0 saturated carbocycles. The summed E-state index contributed by atoms with van der Waals surface area (Å²) in [6.07, 6.45) is 0. The molecule has 0 fully saturated rings. The second-order valence-electron chi connectivity index (χ2n) is 6.95. The maximum atomic E-state index is 12.4. The summed E-state index contributed by atoms with van der Waals surface area (Å²) in [6, 6.07) is 19.2. The van der Waals surface area contributed by atoms with Crippen LogP contribution in [0.5, 0.6) is 0 Å². The van der Waals surface area contributed by atoms with Crippen LogP contribution in [0.1, 0.15) is 21.6 Å². The van der Waals surface area contributed by atoms with Crippen molar-refractivity contribution in [3.05, 3.63) is 87.8 Å². The van der Waals surface area contributed by atoms with Crippen LogP contribution in [0, 0.1) is 0 Å². The van der Waals surface area contributed by atoms with Gasteiger partial charge in [0.2, 0.25) is 0 Å². The topological polar surface area (TPSA) is 67.2 Å². The van der Waals surface area contributed by atoms with Crippen molar-refractivity contribution in [3.63, 3.8) is 0 Å². The smallest absolute Gasteiger partial charge is 0.271 e. The molecule has 0 unspecified atom stereocenters. The minimum Gasteiger partial charge on any atom is -0.347 e. The molecule has 1 N–H and O–H groups in total. The van der Waals surface area contributed by atoms with Crippen LogP contribution >= 0.6 is 0 Å². The second kappa shape index (κ2) is 8.63. The van der Waals surface area contributed by atoms with Crippen molar-refractivity contribution >= 4 is 5.91 Å². The third-order valence-electron chi connectivity index (χ3n) is 4.41. The molecule has 3 rings (SSSR count). The minimum absolute atomic E-state index is 0.215. The molecule has 1 heterocycles. The lowest BCUT2D eigenvalue weighted by Crippen LogP contribution is -2.28. The Morgan fingerprint density at radius 1 is 1.04 bits per heavy atom. The maximum absolute atomic E-state index is 12.4. The highest BCUT2D eigenvalue weighted by Gasteiger charge is 2.10. The zero-order chi connectivity index (χ0) is 20.1. The molecule has 3 aromatic rings. The van der Waals surface area contributed by atoms with E-state index in [0.29, 0.717) is 6.54 Å². The van der Waals surface area contributed by atoms with E-state index >= 15 is 0 Å². The molecule has 0 aliphatic rings. The zero-order valence-electron chi connectivity index (χ0n) is 16.3. The predicted octanol–water partition coefficient (Wildman–Crippen LogP) is 2.44. The largest absolute Gasteiger partial charge is 0.347 e. The summed E-state index contributed by atoms with van der Waals surface area (Å²) >= 11 is 0. The number of aryl methyl sites for hydroxylation is 1. The van der Waals surface area contributed by atoms with Crippen molar-refractivity contribution in [1.82, 2.24) is 20.0 Å². The van der Waals surface area contributed by atoms with E-state index in [9.17, 15) is 9.59 Å². The van der Waals surface area contributed by atoms with E-state index in [1.807, 2.05) is 38.4 Å². The monoisotopic (exact) mass is 376 g/mol. The second-order valence-corrected chi connectivity index (χ2v) is 6.95. The number of carbonyl (C=O) groups is 1. The average Bonchev–Trinajstić information content (AvgIpc) is 2.68. The first-order valence-electron chi connectivity index (χ1n) is 9.08. The van der Waals surface area contributed by atoms with E-state index in [4.69, 9.17) is 0 Å². The Labute approximate surface area is 164 Å². The van der Waals surface area contributed by atoms with Gasteiger partial charge in [-0.2, -0.15) is 5.10 Å². The Morgan fingerprint density at radius 3 is 2.43 bits per heavy atom. The number of nitrogens with one attached hydrogen (secondary N) is 1. The highest BCUT2D eigenvalue weighted by molar-refractivity contribution is 5.92. The van der Waals surface area contributed by atoms with Gasteiger partial charge in [-0.1, -0.05) is 48.5 Å². The molecule has 1 amide bonds. The van der Waals surface area contributed by atoms with Gasteiger partial charge >= 0.3 is 0 Å². The Morgan fingerprint density at radius 2 is 1.75 bits per heavy atom. The zero-order valence-corrected chi connectivity index (χ0v) is 16.3. The summed E-state index contributed by atoms with van der Waals surface area (Å²) in [5.74, 6) is -0.313. The lowest BCUT2D eigenvalue weighted by molar-refractivity contribution is 0.0943. The first kappa shape index (κ1) is 19.5. The molecule has 0 aliphatic carbocycles. The third kappa shape index (κ3) is 4.72. The molecule has 28 heavy (non-hydrogen) atoms. The first-order valence-corrected chi connectivity index (χ1v) is 9.08. The van der Waals surface area contributed by atoms with Gasteiger partial charge < -0.3 is 10.2 Å². The maximum Gasteiger partial charge on any atom is 0.271 e. The van der Waals surface area contributed by atoms with Gasteiger partial charge in [0.15, 0.2) is 0 Å². The molecular weight excluding hydrogens is 352 g/mol. The van der Waals surface area contributed by atoms with E-state index in [1.54, 1.807) is 0 Å². The van der Waals surface area contributed by atoms with Crippen molar-refractivity contribution in [3.8, 4) is 11.1 Å². The molecule has 6 nitrogen and oxygen atoms in total. The average molecular weight is 376 g/mol. The van der Waals surface area contributed by atoms with Crippen molar-refractivity contribution < 1.29 is 4.79 Å². The number of aromatic nitrogens is 2. The quantitative estimate of drug-likeness (QED) is 0.718. The van der Waals surface area contributed by atoms with Crippen molar-refractivity contribution in [2.75, 3.05) is 14.1 Å². The minimum atomic E-state index is -0.313. The van der Waals surface area contributed by atoms with E-state index < -0.39 is 0 Å². The Balaban J connectivity index is 1.76. The summed E-state index contributed by atoms with van der Waals surface area (Å²) in [4.78, 5) is 25.9. The van der Waals surface area contributed by atoms with E-state index in [1.165, 1.54) is 24.7 Å². The molecule has 0 bridgehead atoms. The van der Waals surface area contributed by atoms with Crippen LogP contribution in [0.2, 0.25) is 0 Å². The van der Waals surface area contributed by atoms with Crippen LogP contribution in [-0.4, -0.2) is 34.7 Å². The Hall–Kier alpha value is -3.25. The number of amides is 1. The predicted molar refractivity (Wildman–Crippen MR) is 110 cm³/mol. The van der Waals surface area contributed by atoms with Gasteiger partial charge in [0.1, 0.15) is 5.69 Å². The van der Waals surface area contributed by atoms with Crippen LogP contribution in [-0.2, 0) is 20.1 Å². The lowest BCUT2D eigenvalue weighted by Gasteiger charge is -2.13. The molecule has 144 valence electrons. The third-order valence-corrected chi connectivity index (χ3v) is 4.41. The first-order chi connectivity index (χ1) is 13.4. The molecule has 0 atom stereocenters. The summed E-state index contributed by atoms with van der Waals surface area (Å²) < 4.78 is 1.15. The van der Waals surface area contributed by atoms with Crippen LogP contribution in [0.15, 0.2) is 65.5 Å². The fourth-order valence-electron chi connectivity index (χ4n) is 3.00. The molecule has 0 spiro atoms. The van der Waals surface area contributed by atoms with E-state index in [-0.39, 0.29) is 17.2 Å². The molecule has 0 aliphatic heterocycles. The molecule has 2 aromatic carbocycles. The number of nitrogens with zero attached hydrogens (tertiary/aromatic N) is 3. The Bertz CT molecular complexity index is 1020. The fourth-order valence-corrected chi connectivity index (χ4v) is 3.00.